The molecule has 0 aromatic heterocycles. The van der Waals surface area contributed by atoms with E-state index < -0.39 is 5.97 Å². The number of carbonyl (C=O) groups excluding carboxylic acids is 1. The van der Waals surface area contributed by atoms with Gasteiger partial charge in [0, 0.05) is 44.0 Å². The number of carbonyl (C=O) groups is 2. The zero-order chi connectivity index (χ0) is 24.4. The topological polar surface area (TPSA) is 91.3 Å². The van der Waals surface area contributed by atoms with Crippen LogP contribution >= 0.6 is 0 Å². The van der Waals surface area contributed by atoms with Gasteiger partial charge in [0.1, 0.15) is 0 Å². The van der Waals surface area contributed by atoms with Gasteiger partial charge in [-0.3, -0.25) is 9.69 Å². The molecule has 3 aromatic carbocycles. The molecule has 1 fully saturated rings. The van der Waals surface area contributed by atoms with Crippen molar-refractivity contribution in [2.75, 3.05) is 43.2 Å². The van der Waals surface area contributed by atoms with Crippen molar-refractivity contribution in [3.8, 4) is 11.5 Å². The van der Waals surface area contributed by atoms with E-state index in [4.69, 9.17) is 9.47 Å². The van der Waals surface area contributed by atoms with E-state index in [0.29, 0.717) is 30.0 Å². The Morgan fingerprint density at radius 1 is 0.943 bits per heavy atom. The van der Waals surface area contributed by atoms with Crippen LogP contribution in [-0.2, 0) is 6.54 Å². The van der Waals surface area contributed by atoms with Gasteiger partial charge in [0.05, 0.1) is 11.3 Å². The van der Waals surface area contributed by atoms with E-state index >= 15 is 0 Å². The SMILES string of the molecule is Cc1cccc(C(=O)Nc2ccc(N3CCN(Cc4ccc5c(c4)OCO5)CC3)c(C(=O)O)c2)c1. The molecule has 0 unspecified atom stereocenters. The maximum absolute atomic E-state index is 12.6. The maximum atomic E-state index is 12.6. The molecular formula is C27H27N3O5. The molecule has 8 nitrogen and oxygen atoms in total. The van der Waals surface area contributed by atoms with Crippen LogP contribution in [0.1, 0.15) is 31.8 Å². The molecule has 5 rings (SSSR count). The number of nitrogens with zero attached hydrogens (tertiary/aromatic N) is 2. The lowest BCUT2D eigenvalue weighted by Crippen LogP contribution is -2.46. The summed E-state index contributed by atoms with van der Waals surface area (Å²) in [5.74, 6) is 0.268. The van der Waals surface area contributed by atoms with Crippen LogP contribution in [0.2, 0.25) is 0 Å². The summed E-state index contributed by atoms with van der Waals surface area (Å²) in [5, 5.41) is 12.7. The zero-order valence-corrected chi connectivity index (χ0v) is 19.5. The van der Waals surface area contributed by atoms with Gasteiger partial charge < -0.3 is 24.8 Å². The zero-order valence-electron chi connectivity index (χ0n) is 19.5. The number of piperazine rings is 1. The Kier molecular flexibility index (Phi) is 6.29. The van der Waals surface area contributed by atoms with Crippen molar-refractivity contribution in [3.63, 3.8) is 0 Å². The Bertz CT molecular complexity index is 1270. The van der Waals surface area contributed by atoms with Crippen molar-refractivity contribution >= 4 is 23.3 Å². The van der Waals surface area contributed by atoms with E-state index in [9.17, 15) is 14.7 Å². The summed E-state index contributed by atoms with van der Waals surface area (Å²) in [7, 11) is 0. The Hall–Kier alpha value is -4.04. The lowest BCUT2D eigenvalue weighted by atomic mass is 10.1. The molecule has 2 aliphatic heterocycles. The Morgan fingerprint density at radius 2 is 1.74 bits per heavy atom. The first-order valence-electron chi connectivity index (χ1n) is 11.6. The van der Waals surface area contributed by atoms with Crippen LogP contribution in [0.5, 0.6) is 11.5 Å². The van der Waals surface area contributed by atoms with Crippen LogP contribution < -0.4 is 19.7 Å². The molecule has 1 saturated heterocycles. The van der Waals surface area contributed by atoms with Crippen LogP contribution in [-0.4, -0.2) is 54.9 Å². The summed E-state index contributed by atoms with van der Waals surface area (Å²) in [4.78, 5) is 29.1. The third-order valence-corrected chi connectivity index (χ3v) is 6.32. The third-order valence-electron chi connectivity index (χ3n) is 6.32. The number of carboxylic acid groups (broad SMARTS) is 1. The minimum Gasteiger partial charge on any atom is -0.478 e. The van der Waals surface area contributed by atoms with E-state index in [1.807, 2.05) is 37.3 Å². The standard InChI is InChI=1S/C27H27N3O5/c1-18-3-2-4-20(13-18)26(31)28-21-6-7-23(22(15-21)27(32)33)30-11-9-29(10-12-30)16-19-5-8-24-25(14-19)35-17-34-24/h2-8,13-15H,9-12,16-17H2,1H3,(H,28,31)(H,32,33). The monoisotopic (exact) mass is 473 g/mol. The molecule has 0 atom stereocenters. The number of benzene rings is 3. The molecule has 0 spiro atoms. The van der Waals surface area contributed by atoms with Gasteiger partial charge >= 0.3 is 5.97 Å². The van der Waals surface area contributed by atoms with Crippen molar-refractivity contribution in [1.29, 1.82) is 0 Å². The minimum absolute atomic E-state index is 0.177. The summed E-state index contributed by atoms with van der Waals surface area (Å²) >= 11 is 0. The van der Waals surface area contributed by atoms with Gasteiger partial charge in [-0.2, -0.15) is 0 Å². The predicted octanol–water partition coefficient (Wildman–Crippen LogP) is 4.00. The van der Waals surface area contributed by atoms with Gasteiger partial charge in [-0.25, -0.2) is 4.79 Å². The number of fused-ring (bicyclic) bond motifs is 1. The van der Waals surface area contributed by atoms with Crippen molar-refractivity contribution in [2.45, 2.75) is 13.5 Å². The Balaban J connectivity index is 1.24. The summed E-state index contributed by atoms with van der Waals surface area (Å²) in [6, 6.07) is 18.3. The molecule has 2 heterocycles. The summed E-state index contributed by atoms with van der Waals surface area (Å²) in [6.07, 6.45) is 0. The smallest absolute Gasteiger partial charge is 0.337 e. The van der Waals surface area contributed by atoms with Crippen molar-refractivity contribution in [3.05, 3.63) is 82.9 Å². The Morgan fingerprint density at radius 3 is 2.51 bits per heavy atom. The number of aryl methyl sites for hydroxylation is 1. The number of carboxylic acids is 1. The predicted molar refractivity (Wildman–Crippen MR) is 133 cm³/mol. The van der Waals surface area contributed by atoms with Crippen LogP contribution in [0.25, 0.3) is 0 Å². The molecule has 0 radical (unpaired) electrons. The number of aromatic carboxylic acids is 1. The van der Waals surface area contributed by atoms with Crippen molar-refractivity contribution in [1.82, 2.24) is 4.90 Å². The highest BCUT2D eigenvalue weighted by Crippen LogP contribution is 2.33. The second-order valence-corrected chi connectivity index (χ2v) is 8.81. The van der Waals surface area contributed by atoms with Crippen LogP contribution in [0.3, 0.4) is 0 Å². The molecule has 0 bridgehead atoms. The van der Waals surface area contributed by atoms with E-state index in [-0.39, 0.29) is 18.3 Å². The quantitative estimate of drug-likeness (QED) is 0.559. The molecule has 8 heteroatoms. The molecule has 180 valence electrons. The molecule has 2 N–H and O–H groups in total. The number of hydrogen-bond donors (Lipinski definition) is 2. The molecule has 1 amide bonds. The molecular weight excluding hydrogens is 446 g/mol. The van der Waals surface area contributed by atoms with Gasteiger partial charge in [0.25, 0.3) is 5.91 Å². The lowest BCUT2D eigenvalue weighted by Gasteiger charge is -2.36. The third kappa shape index (κ3) is 5.07. The average molecular weight is 474 g/mol. The Labute approximate surface area is 203 Å². The first-order valence-corrected chi connectivity index (χ1v) is 11.6. The second-order valence-electron chi connectivity index (χ2n) is 8.81. The molecule has 2 aliphatic rings. The summed E-state index contributed by atoms with van der Waals surface area (Å²) in [5.41, 5.74) is 3.97. The summed E-state index contributed by atoms with van der Waals surface area (Å²) in [6.45, 7) is 6.00. The van der Waals surface area contributed by atoms with Crippen LogP contribution in [0.4, 0.5) is 11.4 Å². The van der Waals surface area contributed by atoms with Crippen LogP contribution in [0, 0.1) is 6.92 Å². The fraction of sp³-hybridized carbons (Fsp3) is 0.259. The highest BCUT2D eigenvalue weighted by molar-refractivity contribution is 6.05. The van der Waals surface area contributed by atoms with Gasteiger partial charge in [0.2, 0.25) is 6.79 Å². The number of ether oxygens (including phenoxy) is 2. The molecule has 0 saturated carbocycles. The van der Waals surface area contributed by atoms with E-state index in [1.54, 1.807) is 24.3 Å². The van der Waals surface area contributed by atoms with Crippen LogP contribution in [0.15, 0.2) is 60.7 Å². The van der Waals surface area contributed by atoms with Gasteiger partial charge in [-0.15, -0.1) is 0 Å². The number of nitrogens with one attached hydrogen (secondary N) is 1. The summed E-state index contributed by atoms with van der Waals surface area (Å²) < 4.78 is 10.9. The number of amides is 1. The normalized spacial score (nSPS) is 15.2. The first-order chi connectivity index (χ1) is 17.0. The number of hydrogen-bond acceptors (Lipinski definition) is 6. The van der Waals surface area contributed by atoms with Crippen molar-refractivity contribution < 1.29 is 24.2 Å². The van der Waals surface area contributed by atoms with Gasteiger partial charge in [0.15, 0.2) is 11.5 Å². The van der Waals surface area contributed by atoms with E-state index in [1.165, 1.54) is 6.07 Å². The van der Waals surface area contributed by atoms with E-state index in [2.05, 4.69) is 15.1 Å². The number of anilines is 2. The van der Waals surface area contributed by atoms with Gasteiger partial charge in [-0.05, 0) is 55.0 Å². The average Bonchev–Trinajstić information content (AvgIpc) is 3.32. The fourth-order valence-electron chi connectivity index (χ4n) is 4.49. The highest BCUT2D eigenvalue weighted by atomic mass is 16.7. The number of rotatable bonds is 6. The second kappa shape index (κ2) is 9.68. The minimum atomic E-state index is -1.02. The highest BCUT2D eigenvalue weighted by Gasteiger charge is 2.23. The fourth-order valence-corrected chi connectivity index (χ4v) is 4.49. The lowest BCUT2D eigenvalue weighted by molar-refractivity contribution is 0.0697. The molecule has 0 aliphatic carbocycles. The van der Waals surface area contributed by atoms with Crippen molar-refractivity contribution in [2.24, 2.45) is 0 Å². The molecule has 3 aromatic rings. The van der Waals surface area contributed by atoms with Gasteiger partial charge in [-0.1, -0.05) is 23.8 Å². The largest absolute Gasteiger partial charge is 0.478 e. The molecule has 35 heavy (non-hydrogen) atoms. The first kappa shape index (κ1) is 22.7. The maximum Gasteiger partial charge on any atom is 0.337 e. The van der Waals surface area contributed by atoms with E-state index in [0.717, 1.165) is 42.3 Å².